The molecule has 1 amide bonds. The number of carbonyl (C=O) groups is 2. The number of rotatable bonds is 10. The first kappa shape index (κ1) is 25.9. The predicted octanol–water partition coefficient (Wildman–Crippen LogP) is 5.53. The number of hydrogen-bond acceptors (Lipinski definition) is 6. The molecule has 4 aromatic rings. The first-order valence-electron chi connectivity index (χ1n) is 12.1. The number of anilines is 1. The Balaban J connectivity index is 1.52. The summed E-state index contributed by atoms with van der Waals surface area (Å²) in [6.45, 7) is 2.21. The second-order valence-electron chi connectivity index (χ2n) is 9.11. The van der Waals surface area contributed by atoms with Gasteiger partial charge < -0.3 is 18.8 Å². The van der Waals surface area contributed by atoms with Gasteiger partial charge in [-0.05, 0) is 79.9 Å². The Hall–Kier alpha value is -3.76. The smallest absolute Gasteiger partial charge is 0.371 e. The maximum absolute atomic E-state index is 13.8. The van der Waals surface area contributed by atoms with Crippen LogP contribution in [0.3, 0.4) is 0 Å². The predicted molar refractivity (Wildman–Crippen MR) is 141 cm³/mol. The van der Waals surface area contributed by atoms with Crippen LogP contribution in [-0.2, 0) is 27.9 Å². The highest BCUT2D eigenvalue weighted by atomic mass is 35.5. The molecule has 0 spiro atoms. The van der Waals surface area contributed by atoms with Crippen LogP contribution >= 0.6 is 11.6 Å². The maximum atomic E-state index is 13.8. The van der Waals surface area contributed by atoms with Gasteiger partial charge in [-0.25, -0.2) is 13.2 Å². The van der Waals surface area contributed by atoms with E-state index in [1.165, 1.54) is 28.6 Å². The van der Waals surface area contributed by atoms with Gasteiger partial charge in [-0.2, -0.15) is 0 Å². The van der Waals surface area contributed by atoms with Crippen molar-refractivity contribution >= 4 is 50.2 Å². The van der Waals surface area contributed by atoms with Crippen molar-refractivity contribution in [1.29, 1.82) is 0 Å². The largest absolute Gasteiger partial charge is 0.475 e. The van der Waals surface area contributed by atoms with Gasteiger partial charge in [0.25, 0.3) is 10.0 Å². The normalized spacial score (nSPS) is 13.5. The number of amides is 1. The summed E-state index contributed by atoms with van der Waals surface area (Å²) in [5, 5.41) is 9.98. The van der Waals surface area contributed by atoms with Crippen molar-refractivity contribution in [3.63, 3.8) is 0 Å². The quantitative estimate of drug-likeness (QED) is 0.272. The van der Waals surface area contributed by atoms with Gasteiger partial charge in [0.15, 0.2) is 0 Å². The van der Waals surface area contributed by atoms with Crippen LogP contribution in [-0.4, -0.2) is 36.8 Å². The molecule has 9 nitrogen and oxygen atoms in total. The highest BCUT2D eigenvalue weighted by molar-refractivity contribution is 7.92. The van der Waals surface area contributed by atoms with Crippen LogP contribution in [0.25, 0.3) is 11.0 Å². The molecular weight excluding hydrogens is 532 g/mol. The van der Waals surface area contributed by atoms with Crippen molar-refractivity contribution in [3.05, 3.63) is 83.0 Å². The Kier molecular flexibility index (Phi) is 6.93. The molecule has 1 aliphatic rings. The fourth-order valence-corrected chi connectivity index (χ4v) is 6.15. The number of halogens is 1. The molecule has 0 unspecified atom stereocenters. The number of carbonyl (C=O) groups excluding carboxylic acids is 1. The van der Waals surface area contributed by atoms with Crippen molar-refractivity contribution in [2.45, 2.75) is 37.8 Å². The van der Waals surface area contributed by atoms with Crippen molar-refractivity contribution in [2.75, 3.05) is 10.8 Å². The molecule has 0 atom stereocenters. The summed E-state index contributed by atoms with van der Waals surface area (Å²) in [6, 6.07) is 13.9. The van der Waals surface area contributed by atoms with Crippen molar-refractivity contribution < 1.29 is 31.9 Å². The van der Waals surface area contributed by atoms with Crippen molar-refractivity contribution in [2.24, 2.45) is 5.92 Å². The van der Waals surface area contributed by atoms with E-state index >= 15 is 0 Å². The second kappa shape index (κ2) is 10.2. The van der Waals surface area contributed by atoms with Crippen molar-refractivity contribution in [1.82, 2.24) is 4.90 Å². The summed E-state index contributed by atoms with van der Waals surface area (Å²) in [4.78, 5) is 26.0. The highest BCUT2D eigenvalue weighted by Crippen LogP contribution is 2.35. The molecule has 0 bridgehead atoms. The lowest BCUT2D eigenvalue weighted by atomic mass is 10.1. The maximum Gasteiger partial charge on any atom is 0.371 e. The standard InChI is InChI=1S/C27H25ClN2O7S/c1-2-30(38(34,35)22-8-10-24-18(13-22)14-25(37-24)27(32)33)23-9-7-20(28)12-19(23)15-29(26(31)17-5-6-17)16-21-4-3-11-36-21/h3-4,7-14,17H,2,5-6,15-16H2,1H3,(H,32,33). The van der Waals surface area contributed by atoms with Gasteiger partial charge in [0.1, 0.15) is 11.3 Å². The average Bonchev–Trinajstić information content (AvgIpc) is 3.42. The number of furan rings is 2. The lowest BCUT2D eigenvalue weighted by molar-refractivity contribution is -0.134. The van der Waals surface area contributed by atoms with E-state index in [-0.39, 0.29) is 47.7 Å². The molecule has 1 aliphatic carbocycles. The fraction of sp³-hybridized carbons (Fsp3) is 0.259. The van der Waals surface area contributed by atoms with Gasteiger partial charge in [0.05, 0.1) is 23.4 Å². The van der Waals surface area contributed by atoms with Crippen LogP contribution in [0.4, 0.5) is 5.69 Å². The first-order valence-corrected chi connectivity index (χ1v) is 13.9. The summed E-state index contributed by atoms with van der Waals surface area (Å²) in [5.41, 5.74) is 1.23. The Labute approximate surface area is 224 Å². The van der Waals surface area contributed by atoms with Gasteiger partial charge in [-0.3, -0.25) is 9.10 Å². The molecular formula is C27H25ClN2O7S. The number of hydrogen-bond donors (Lipinski definition) is 1. The van der Waals surface area contributed by atoms with Gasteiger partial charge in [0.2, 0.25) is 11.7 Å². The van der Waals surface area contributed by atoms with E-state index in [4.69, 9.17) is 20.4 Å². The van der Waals surface area contributed by atoms with Crippen molar-refractivity contribution in [3.8, 4) is 0 Å². The lowest BCUT2D eigenvalue weighted by Gasteiger charge is -2.28. The molecule has 1 N–H and O–H groups in total. The highest BCUT2D eigenvalue weighted by Gasteiger charge is 2.35. The summed E-state index contributed by atoms with van der Waals surface area (Å²) in [5.74, 6) is -0.962. The molecule has 38 heavy (non-hydrogen) atoms. The third-order valence-electron chi connectivity index (χ3n) is 6.41. The van der Waals surface area contributed by atoms with Crippen LogP contribution in [0.5, 0.6) is 0 Å². The summed E-state index contributed by atoms with van der Waals surface area (Å²) in [6.07, 6.45) is 3.19. The van der Waals surface area contributed by atoms with E-state index in [0.717, 1.165) is 12.8 Å². The minimum atomic E-state index is -4.07. The SMILES string of the molecule is CCN(c1ccc(Cl)cc1CN(Cc1ccco1)C(=O)C1CC1)S(=O)(=O)c1ccc2oc(C(=O)O)cc2c1. The molecule has 0 aliphatic heterocycles. The number of nitrogens with zero attached hydrogens (tertiary/aromatic N) is 2. The third kappa shape index (κ3) is 5.14. The van der Waals surface area contributed by atoms with Gasteiger partial charge in [-0.1, -0.05) is 11.6 Å². The number of carboxylic acids is 1. The van der Waals surface area contributed by atoms with Crippen LogP contribution in [0.1, 0.15) is 41.6 Å². The third-order valence-corrected chi connectivity index (χ3v) is 8.53. The molecule has 2 aromatic carbocycles. The summed E-state index contributed by atoms with van der Waals surface area (Å²) < 4.78 is 39.6. The molecule has 2 heterocycles. The minimum absolute atomic E-state index is 0.0159. The number of aromatic carboxylic acids is 1. The fourth-order valence-electron chi connectivity index (χ4n) is 4.40. The Morgan fingerprint density at radius 1 is 1.08 bits per heavy atom. The number of benzene rings is 2. The molecule has 0 saturated heterocycles. The Morgan fingerprint density at radius 3 is 2.53 bits per heavy atom. The number of carboxylic acid groups (broad SMARTS) is 1. The first-order chi connectivity index (χ1) is 18.2. The van der Waals surface area contributed by atoms with E-state index in [9.17, 15) is 23.1 Å². The Morgan fingerprint density at radius 2 is 1.87 bits per heavy atom. The summed E-state index contributed by atoms with van der Waals surface area (Å²) >= 11 is 6.32. The molecule has 11 heteroatoms. The van der Waals surface area contributed by atoms with Crippen LogP contribution in [0.2, 0.25) is 5.02 Å². The zero-order chi connectivity index (χ0) is 27.0. The topological polar surface area (TPSA) is 121 Å². The number of sulfonamides is 1. The lowest BCUT2D eigenvalue weighted by Crippen LogP contribution is -2.34. The van der Waals surface area contributed by atoms with Gasteiger partial charge in [0, 0.05) is 29.4 Å². The average molecular weight is 557 g/mol. The van der Waals surface area contributed by atoms with E-state index < -0.39 is 16.0 Å². The van der Waals surface area contributed by atoms with E-state index in [1.54, 1.807) is 48.4 Å². The summed E-state index contributed by atoms with van der Waals surface area (Å²) in [7, 11) is -4.07. The van der Waals surface area contributed by atoms with Crippen LogP contribution in [0.15, 0.2) is 74.6 Å². The molecule has 1 fully saturated rings. The zero-order valence-electron chi connectivity index (χ0n) is 20.5. The second-order valence-corrected chi connectivity index (χ2v) is 11.4. The molecule has 1 saturated carbocycles. The number of fused-ring (bicyclic) bond motifs is 1. The van der Waals surface area contributed by atoms with Crippen LogP contribution < -0.4 is 4.31 Å². The Bertz CT molecular complexity index is 1610. The molecule has 5 rings (SSSR count). The van der Waals surface area contributed by atoms with E-state index in [0.29, 0.717) is 27.4 Å². The zero-order valence-corrected chi connectivity index (χ0v) is 22.0. The van der Waals surface area contributed by atoms with E-state index in [1.807, 2.05) is 0 Å². The van der Waals surface area contributed by atoms with E-state index in [2.05, 4.69) is 0 Å². The molecule has 198 valence electrons. The van der Waals surface area contributed by atoms with Gasteiger partial charge in [-0.15, -0.1) is 0 Å². The van der Waals surface area contributed by atoms with Gasteiger partial charge >= 0.3 is 5.97 Å². The monoisotopic (exact) mass is 556 g/mol. The molecule has 0 radical (unpaired) electrons. The van der Waals surface area contributed by atoms with Crippen LogP contribution in [0, 0.1) is 5.92 Å². The minimum Gasteiger partial charge on any atom is -0.475 e. The molecule has 2 aromatic heterocycles.